The number of hydrogen-bond donors (Lipinski definition) is 2. The molecule has 1 atom stereocenters. The average Bonchev–Trinajstić information content (AvgIpc) is 2.75. The molecule has 0 spiro atoms. The van der Waals surface area contributed by atoms with Gasteiger partial charge in [-0.2, -0.15) is 0 Å². The highest BCUT2D eigenvalue weighted by atomic mass is 14.7. The molecule has 0 radical (unpaired) electrons. The second kappa shape index (κ2) is 7.71. The van der Waals surface area contributed by atoms with E-state index in [-0.39, 0.29) is 0 Å². The molecule has 0 heterocycles. The lowest BCUT2D eigenvalue weighted by atomic mass is 9.82. The summed E-state index contributed by atoms with van der Waals surface area (Å²) in [5.41, 5.74) is 18.6. The highest BCUT2D eigenvalue weighted by molar-refractivity contribution is 5.64. The second-order valence-electron chi connectivity index (χ2n) is 7.23. The van der Waals surface area contributed by atoms with Crippen LogP contribution in [-0.4, -0.2) is 0 Å². The van der Waals surface area contributed by atoms with E-state index in [1.807, 2.05) is 30.3 Å². The Hall–Kier alpha value is -3.36. The SMILES string of the molecule is Nc1ccc(C=CC2=CCC(N)(c3ccc(-c4ccccc4)cc3)C=C2)cc1. The number of allylic oxidation sites excluding steroid dienone is 3. The van der Waals surface area contributed by atoms with Gasteiger partial charge in [0.25, 0.3) is 0 Å². The molecule has 0 amide bonds. The molecule has 2 heteroatoms. The fourth-order valence-corrected chi connectivity index (χ4v) is 3.41. The van der Waals surface area contributed by atoms with Crippen LogP contribution < -0.4 is 11.5 Å². The van der Waals surface area contributed by atoms with Gasteiger partial charge in [0.15, 0.2) is 0 Å². The minimum absolute atomic E-state index is 0.465. The van der Waals surface area contributed by atoms with Gasteiger partial charge >= 0.3 is 0 Å². The zero-order valence-corrected chi connectivity index (χ0v) is 15.8. The van der Waals surface area contributed by atoms with Crippen LogP contribution in [0.25, 0.3) is 17.2 Å². The second-order valence-corrected chi connectivity index (χ2v) is 7.23. The summed E-state index contributed by atoms with van der Waals surface area (Å²) in [7, 11) is 0. The van der Waals surface area contributed by atoms with Gasteiger partial charge < -0.3 is 11.5 Å². The first-order valence-electron chi connectivity index (χ1n) is 9.50. The molecule has 3 aromatic carbocycles. The molecule has 2 nitrogen and oxygen atoms in total. The molecule has 0 aromatic heterocycles. The molecule has 0 bridgehead atoms. The van der Waals surface area contributed by atoms with Crippen LogP contribution in [0.15, 0.2) is 109 Å². The number of rotatable bonds is 4. The number of nitrogen functional groups attached to an aromatic ring is 1. The lowest BCUT2D eigenvalue weighted by molar-refractivity contribution is 0.564. The molecule has 1 aliphatic carbocycles. The van der Waals surface area contributed by atoms with Gasteiger partial charge in [0.1, 0.15) is 0 Å². The van der Waals surface area contributed by atoms with Crippen molar-refractivity contribution in [1.82, 2.24) is 0 Å². The Labute approximate surface area is 166 Å². The monoisotopic (exact) mass is 364 g/mol. The van der Waals surface area contributed by atoms with Crippen molar-refractivity contribution in [2.45, 2.75) is 12.0 Å². The predicted octanol–water partition coefficient (Wildman–Crippen LogP) is 5.69. The van der Waals surface area contributed by atoms with Gasteiger partial charge in [-0.25, -0.2) is 0 Å². The number of anilines is 1. The van der Waals surface area contributed by atoms with E-state index in [1.54, 1.807) is 0 Å². The Morgan fingerprint density at radius 2 is 1.43 bits per heavy atom. The molecule has 1 aliphatic rings. The summed E-state index contributed by atoms with van der Waals surface area (Å²) in [4.78, 5) is 0. The smallest absolute Gasteiger partial charge is 0.0633 e. The Kier molecular flexibility index (Phi) is 4.96. The molecule has 1 unspecified atom stereocenters. The zero-order chi connectivity index (χ0) is 19.4. The van der Waals surface area contributed by atoms with Crippen molar-refractivity contribution >= 4 is 11.8 Å². The van der Waals surface area contributed by atoms with Crippen LogP contribution in [0.2, 0.25) is 0 Å². The molecular formula is C26H24N2. The van der Waals surface area contributed by atoms with E-state index in [4.69, 9.17) is 11.5 Å². The van der Waals surface area contributed by atoms with Crippen molar-refractivity contribution in [2.24, 2.45) is 5.73 Å². The molecule has 3 aromatic rings. The zero-order valence-electron chi connectivity index (χ0n) is 15.8. The molecule has 0 saturated heterocycles. The molecule has 138 valence electrons. The molecule has 28 heavy (non-hydrogen) atoms. The summed E-state index contributed by atoms with van der Waals surface area (Å²) in [5, 5.41) is 0. The van der Waals surface area contributed by atoms with E-state index in [0.29, 0.717) is 0 Å². The first-order valence-corrected chi connectivity index (χ1v) is 9.50. The fraction of sp³-hybridized carbons (Fsp3) is 0.0769. The normalized spacial score (nSPS) is 19.0. The quantitative estimate of drug-likeness (QED) is 0.584. The number of benzene rings is 3. The van der Waals surface area contributed by atoms with Gasteiger partial charge in [0.2, 0.25) is 0 Å². The first kappa shape index (κ1) is 18.0. The molecule has 0 aliphatic heterocycles. The third-order valence-electron chi connectivity index (χ3n) is 5.18. The Balaban J connectivity index is 1.47. The van der Waals surface area contributed by atoms with Crippen LogP contribution in [0.1, 0.15) is 17.5 Å². The van der Waals surface area contributed by atoms with Gasteiger partial charge in [-0.3, -0.25) is 0 Å². The fourth-order valence-electron chi connectivity index (χ4n) is 3.41. The molecule has 4 N–H and O–H groups in total. The summed E-state index contributed by atoms with van der Waals surface area (Å²) >= 11 is 0. The van der Waals surface area contributed by atoms with E-state index in [1.165, 1.54) is 16.7 Å². The van der Waals surface area contributed by atoms with Gasteiger partial charge in [-0.05, 0) is 46.4 Å². The van der Waals surface area contributed by atoms with Crippen molar-refractivity contribution in [2.75, 3.05) is 5.73 Å². The summed E-state index contributed by atoms with van der Waals surface area (Å²) < 4.78 is 0. The van der Waals surface area contributed by atoms with E-state index in [0.717, 1.165) is 23.2 Å². The molecular weight excluding hydrogens is 340 g/mol. The van der Waals surface area contributed by atoms with Crippen molar-refractivity contribution in [3.05, 3.63) is 120 Å². The summed E-state index contributed by atoms with van der Waals surface area (Å²) in [6.45, 7) is 0. The van der Waals surface area contributed by atoms with E-state index < -0.39 is 5.54 Å². The minimum atomic E-state index is -0.465. The van der Waals surface area contributed by atoms with Crippen LogP contribution in [0.3, 0.4) is 0 Å². The van der Waals surface area contributed by atoms with Gasteiger partial charge in [-0.1, -0.05) is 97.1 Å². The van der Waals surface area contributed by atoms with Crippen LogP contribution in [0.5, 0.6) is 0 Å². The Bertz CT molecular complexity index is 1030. The Morgan fingerprint density at radius 3 is 2.07 bits per heavy atom. The summed E-state index contributed by atoms with van der Waals surface area (Å²) in [6.07, 6.45) is 11.4. The lowest BCUT2D eigenvalue weighted by Crippen LogP contribution is -2.35. The van der Waals surface area contributed by atoms with Crippen molar-refractivity contribution in [1.29, 1.82) is 0 Å². The van der Waals surface area contributed by atoms with Crippen molar-refractivity contribution in [3.8, 4) is 11.1 Å². The summed E-state index contributed by atoms with van der Waals surface area (Å²) in [6, 6.07) is 26.8. The van der Waals surface area contributed by atoms with Crippen LogP contribution in [0.4, 0.5) is 5.69 Å². The lowest BCUT2D eigenvalue weighted by Gasteiger charge is -2.28. The van der Waals surface area contributed by atoms with Gasteiger partial charge in [0.05, 0.1) is 5.54 Å². The third kappa shape index (κ3) is 3.98. The predicted molar refractivity (Wildman–Crippen MR) is 119 cm³/mol. The largest absolute Gasteiger partial charge is 0.399 e. The number of hydrogen-bond acceptors (Lipinski definition) is 2. The van der Waals surface area contributed by atoms with E-state index >= 15 is 0 Å². The summed E-state index contributed by atoms with van der Waals surface area (Å²) in [5.74, 6) is 0. The highest BCUT2D eigenvalue weighted by Gasteiger charge is 2.25. The number of nitrogens with two attached hydrogens (primary N) is 2. The van der Waals surface area contributed by atoms with Crippen LogP contribution in [0, 0.1) is 0 Å². The Morgan fingerprint density at radius 1 is 0.750 bits per heavy atom. The average molecular weight is 364 g/mol. The van der Waals surface area contributed by atoms with Crippen molar-refractivity contribution < 1.29 is 0 Å². The first-order chi connectivity index (χ1) is 13.6. The molecule has 0 fully saturated rings. The third-order valence-corrected chi connectivity index (χ3v) is 5.18. The van der Waals surface area contributed by atoms with Crippen LogP contribution in [-0.2, 0) is 5.54 Å². The minimum Gasteiger partial charge on any atom is -0.399 e. The topological polar surface area (TPSA) is 52.0 Å². The standard InChI is InChI=1S/C26H24N2/c27-25-14-8-20(9-15-25)6-7-21-16-18-26(28,19-17-21)24-12-10-23(11-13-24)22-4-2-1-3-5-22/h1-18H,19,27-28H2. The van der Waals surface area contributed by atoms with E-state index in [2.05, 4.69) is 78.9 Å². The maximum absolute atomic E-state index is 6.69. The molecule has 0 saturated carbocycles. The molecule has 4 rings (SSSR count). The van der Waals surface area contributed by atoms with Gasteiger partial charge in [0, 0.05) is 5.69 Å². The van der Waals surface area contributed by atoms with E-state index in [9.17, 15) is 0 Å². The highest BCUT2D eigenvalue weighted by Crippen LogP contribution is 2.31. The van der Waals surface area contributed by atoms with Gasteiger partial charge in [-0.15, -0.1) is 0 Å². The maximum Gasteiger partial charge on any atom is 0.0633 e. The van der Waals surface area contributed by atoms with Crippen molar-refractivity contribution in [3.63, 3.8) is 0 Å². The van der Waals surface area contributed by atoms with Crippen LogP contribution >= 0.6 is 0 Å². The maximum atomic E-state index is 6.69.